The third-order valence-corrected chi connectivity index (χ3v) is 3.40. The van der Waals surface area contributed by atoms with E-state index in [4.69, 9.17) is 5.11 Å². The molecule has 0 aliphatic heterocycles. The highest BCUT2D eigenvalue weighted by Crippen LogP contribution is 2.24. The molecular formula is C15H20N2O2. The largest absolute Gasteiger partial charge is 0.396 e. The van der Waals surface area contributed by atoms with E-state index in [1.54, 1.807) is 6.92 Å². The average Bonchev–Trinajstić information content (AvgIpc) is 2.67. The van der Waals surface area contributed by atoms with E-state index >= 15 is 0 Å². The van der Waals surface area contributed by atoms with Crippen LogP contribution in [0.5, 0.6) is 0 Å². The lowest BCUT2D eigenvalue weighted by Crippen LogP contribution is -2.02. The molecule has 0 atom stereocenters. The van der Waals surface area contributed by atoms with Gasteiger partial charge in [0.05, 0.1) is 5.52 Å². The number of fused-ring (bicyclic) bond motifs is 1. The van der Waals surface area contributed by atoms with Crippen LogP contribution in [0.2, 0.25) is 0 Å². The normalized spacial score (nSPS) is 11.2. The Morgan fingerprint density at radius 1 is 1.37 bits per heavy atom. The topological polar surface area (TPSA) is 55.1 Å². The van der Waals surface area contributed by atoms with Crippen LogP contribution < -0.4 is 0 Å². The Labute approximate surface area is 113 Å². The molecule has 4 heteroatoms. The molecule has 2 rings (SSSR count). The average molecular weight is 260 g/mol. The molecule has 0 bridgehead atoms. The lowest BCUT2D eigenvalue weighted by Gasteiger charge is -2.06. The van der Waals surface area contributed by atoms with Crippen LogP contribution >= 0.6 is 0 Å². The van der Waals surface area contributed by atoms with Gasteiger partial charge in [-0.15, -0.1) is 0 Å². The summed E-state index contributed by atoms with van der Waals surface area (Å²) in [6.07, 6.45) is 3.82. The number of ketones is 1. The van der Waals surface area contributed by atoms with Gasteiger partial charge in [-0.3, -0.25) is 4.79 Å². The summed E-state index contributed by atoms with van der Waals surface area (Å²) in [6, 6.07) is 1.87. The van der Waals surface area contributed by atoms with E-state index in [1.807, 2.05) is 13.0 Å². The highest BCUT2D eigenvalue weighted by atomic mass is 16.2. The summed E-state index contributed by atoms with van der Waals surface area (Å²) in [5.41, 5.74) is 3.67. The first-order valence-corrected chi connectivity index (χ1v) is 6.63. The lowest BCUT2D eigenvalue weighted by atomic mass is 10.1. The van der Waals surface area contributed by atoms with Crippen molar-refractivity contribution in [1.82, 2.24) is 9.55 Å². The fourth-order valence-corrected chi connectivity index (χ4v) is 2.50. The molecular weight excluding hydrogens is 240 g/mol. The molecule has 2 aromatic rings. The number of hydrogen-bond donors (Lipinski definition) is 1. The fourth-order valence-electron chi connectivity index (χ4n) is 2.50. The number of aliphatic hydroxyl groups is 1. The van der Waals surface area contributed by atoms with Gasteiger partial charge in [0.15, 0.2) is 5.78 Å². The number of nitrogens with zero attached hydrogens (tertiary/aromatic N) is 2. The number of rotatable bonds is 5. The number of hydrogen-bond acceptors (Lipinski definition) is 3. The minimum atomic E-state index is -0.00855. The summed E-state index contributed by atoms with van der Waals surface area (Å²) in [5.74, 6) is -0.00855. The van der Waals surface area contributed by atoms with E-state index in [9.17, 15) is 4.79 Å². The zero-order valence-electron chi connectivity index (χ0n) is 11.7. The van der Waals surface area contributed by atoms with Gasteiger partial charge in [0, 0.05) is 37.4 Å². The molecule has 0 fully saturated rings. The number of Topliss-reactive ketones (excluding diaryl/α,β-unsaturated/α-hetero) is 1. The molecule has 0 amide bonds. The third kappa shape index (κ3) is 2.68. The second-order valence-corrected chi connectivity index (χ2v) is 4.98. The summed E-state index contributed by atoms with van der Waals surface area (Å²) in [6.45, 7) is 6.62. The Morgan fingerprint density at radius 2 is 2.11 bits per heavy atom. The molecule has 2 heterocycles. The minimum absolute atomic E-state index is 0.00855. The van der Waals surface area contributed by atoms with Gasteiger partial charge in [-0.1, -0.05) is 0 Å². The van der Waals surface area contributed by atoms with Crippen molar-refractivity contribution in [3.63, 3.8) is 0 Å². The zero-order valence-corrected chi connectivity index (χ0v) is 11.7. The molecule has 0 unspecified atom stereocenters. The number of unbranched alkanes of at least 4 members (excludes halogenated alkanes) is 1. The number of aryl methyl sites for hydroxylation is 3. The molecule has 1 N–H and O–H groups in total. The first kappa shape index (κ1) is 13.7. The summed E-state index contributed by atoms with van der Waals surface area (Å²) >= 11 is 0. The zero-order chi connectivity index (χ0) is 14.0. The summed E-state index contributed by atoms with van der Waals surface area (Å²) in [5, 5.41) is 9.99. The summed E-state index contributed by atoms with van der Waals surface area (Å²) in [7, 11) is 0. The Kier molecular flexibility index (Phi) is 4.00. The van der Waals surface area contributed by atoms with Crippen LogP contribution in [-0.2, 0) is 6.54 Å². The molecule has 0 spiro atoms. The summed E-state index contributed by atoms with van der Waals surface area (Å²) < 4.78 is 2.15. The second-order valence-electron chi connectivity index (χ2n) is 4.98. The molecule has 0 saturated carbocycles. The van der Waals surface area contributed by atoms with Crippen LogP contribution in [0.25, 0.3) is 10.9 Å². The van der Waals surface area contributed by atoms with Crippen molar-refractivity contribution in [2.75, 3.05) is 6.61 Å². The maximum atomic E-state index is 11.5. The first-order valence-electron chi connectivity index (χ1n) is 6.63. The number of aromatic nitrogens is 2. The molecule has 2 aromatic heterocycles. The van der Waals surface area contributed by atoms with Gasteiger partial charge in [0.2, 0.25) is 0 Å². The smallest absolute Gasteiger partial charge is 0.178 e. The molecule has 0 aliphatic rings. The van der Waals surface area contributed by atoms with Gasteiger partial charge in [-0.05, 0) is 38.3 Å². The molecule has 102 valence electrons. The van der Waals surface area contributed by atoms with Gasteiger partial charge in [0.25, 0.3) is 0 Å². The van der Waals surface area contributed by atoms with Crippen molar-refractivity contribution in [2.45, 2.75) is 40.2 Å². The van der Waals surface area contributed by atoms with Gasteiger partial charge in [-0.25, -0.2) is 4.98 Å². The van der Waals surface area contributed by atoms with Crippen molar-refractivity contribution in [2.24, 2.45) is 0 Å². The Balaban J connectivity index is 2.50. The van der Waals surface area contributed by atoms with Crippen molar-refractivity contribution in [3.8, 4) is 0 Å². The van der Waals surface area contributed by atoms with E-state index < -0.39 is 0 Å². The molecule has 0 aliphatic carbocycles. The van der Waals surface area contributed by atoms with Crippen LogP contribution in [0, 0.1) is 13.8 Å². The highest BCUT2D eigenvalue weighted by molar-refractivity contribution is 5.97. The van der Waals surface area contributed by atoms with Crippen molar-refractivity contribution >= 4 is 16.7 Å². The third-order valence-electron chi connectivity index (χ3n) is 3.40. The number of pyridine rings is 1. The molecule has 4 nitrogen and oxygen atoms in total. The highest BCUT2D eigenvalue weighted by Gasteiger charge is 2.12. The van der Waals surface area contributed by atoms with Gasteiger partial charge < -0.3 is 9.67 Å². The molecule has 0 radical (unpaired) electrons. The van der Waals surface area contributed by atoms with E-state index in [-0.39, 0.29) is 12.4 Å². The first-order chi connectivity index (χ1) is 9.04. The second kappa shape index (κ2) is 5.53. The van der Waals surface area contributed by atoms with Crippen LogP contribution in [0.15, 0.2) is 12.3 Å². The van der Waals surface area contributed by atoms with Crippen LogP contribution in [0.3, 0.4) is 0 Å². The van der Waals surface area contributed by atoms with Crippen LogP contribution in [-0.4, -0.2) is 27.0 Å². The molecule has 19 heavy (non-hydrogen) atoms. The molecule has 0 aromatic carbocycles. The minimum Gasteiger partial charge on any atom is -0.396 e. The maximum Gasteiger partial charge on any atom is 0.178 e. The monoisotopic (exact) mass is 260 g/mol. The van der Waals surface area contributed by atoms with Gasteiger partial charge >= 0.3 is 0 Å². The quantitative estimate of drug-likeness (QED) is 0.664. The van der Waals surface area contributed by atoms with E-state index in [0.717, 1.165) is 36.0 Å². The Morgan fingerprint density at radius 3 is 2.74 bits per heavy atom. The van der Waals surface area contributed by atoms with Crippen LogP contribution in [0.4, 0.5) is 0 Å². The van der Waals surface area contributed by atoms with Crippen molar-refractivity contribution in [3.05, 3.63) is 29.2 Å². The maximum absolute atomic E-state index is 11.5. The van der Waals surface area contributed by atoms with Crippen molar-refractivity contribution in [1.29, 1.82) is 0 Å². The van der Waals surface area contributed by atoms with E-state index in [1.165, 1.54) is 5.56 Å². The number of carbonyl (C=O) groups is 1. The van der Waals surface area contributed by atoms with Crippen LogP contribution in [0.1, 0.15) is 41.5 Å². The standard InChI is InChI=1S/C15H20N2O2/c1-10-9-17(6-4-5-7-18)14-8-13(12(3)19)16-11(2)15(10)14/h8-9,18H,4-7H2,1-3H3. The van der Waals surface area contributed by atoms with E-state index in [0.29, 0.717) is 5.69 Å². The number of aliphatic hydroxyl groups excluding tert-OH is 1. The van der Waals surface area contributed by atoms with Crippen molar-refractivity contribution < 1.29 is 9.90 Å². The van der Waals surface area contributed by atoms with Gasteiger partial charge in [0.1, 0.15) is 5.69 Å². The predicted molar refractivity (Wildman–Crippen MR) is 75.5 cm³/mol. The number of carbonyl (C=O) groups excluding carboxylic acids is 1. The summed E-state index contributed by atoms with van der Waals surface area (Å²) in [4.78, 5) is 15.9. The lowest BCUT2D eigenvalue weighted by molar-refractivity contribution is 0.101. The van der Waals surface area contributed by atoms with Gasteiger partial charge in [-0.2, -0.15) is 0 Å². The fraction of sp³-hybridized carbons (Fsp3) is 0.467. The van der Waals surface area contributed by atoms with E-state index in [2.05, 4.69) is 22.7 Å². The predicted octanol–water partition coefficient (Wildman–Crippen LogP) is 2.63. The SMILES string of the molecule is CC(=O)c1cc2c(c(C)cn2CCCCO)c(C)n1. The molecule has 0 saturated heterocycles. The Bertz CT molecular complexity index is 614. The Hall–Kier alpha value is -1.68.